The lowest BCUT2D eigenvalue weighted by molar-refractivity contribution is 0.103. The predicted molar refractivity (Wildman–Crippen MR) is 94.6 cm³/mol. The summed E-state index contributed by atoms with van der Waals surface area (Å²) in [6.45, 7) is 3.35. The summed E-state index contributed by atoms with van der Waals surface area (Å²) in [5.41, 5.74) is 1.77. The van der Waals surface area contributed by atoms with E-state index in [9.17, 15) is 14.4 Å². The second-order valence-electron chi connectivity index (χ2n) is 5.57. The molecule has 0 spiro atoms. The van der Waals surface area contributed by atoms with Crippen molar-refractivity contribution in [3.63, 3.8) is 0 Å². The third-order valence-electron chi connectivity index (χ3n) is 3.88. The van der Waals surface area contributed by atoms with Gasteiger partial charge in [0.15, 0.2) is 0 Å². The Hall–Kier alpha value is -3.17. The number of carbonyl (C=O) groups is 1. The molecule has 2 aromatic heterocycles. The van der Waals surface area contributed by atoms with Crippen LogP contribution in [0.15, 0.2) is 46.6 Å². The van der Waals surface area contributed by atoms with Crippen molar-refractivity contribution in [2.24, 2.45) is 0 Å². The van der Waals surface area contributed by atoms with Crippen molar-refractivity contribution in [3.05, 3.63) is 75.7 Å². The van der Waals surface area contributed by atoms with E-state index in [1.807, 2.05) is 6.07 Å². The Bertz CT molecular complexity index is 1060. The van der Waals surface area contributed by atoms with Crippen LogP contribution in [0, 0.1) is 31.0 Å². The van der Waals surface area contributed by atoms with Crippen molar-refractivity contribution in [2.45, 2.75) is 13.8 Å². The highest BCUT2D eigenvalue weighted by atomic mass is 35.5. The number of furan rings is 1. The maximum Gasteiger partial charge on any atom is 0.207 e. The Morgan fingerprint density at radius 1 is 1.31 bits per heavy atom. The zero-order valence-corrected chi connectivity index (χ0v) is 14.7. The minimum absolute atomic E-state index is 0.0850. The first-order chi connectivity index (χ1) is 12.4. The van der Waals surface area contributed by atoms with Crippen molar-refractivity contribution in [2.75, 3.05) is 0 Å². The minimum atomic E-state index is -0.455. The number of hydrogen-bond acceptors (Lipinski definition) is 4. The molecule has 0 aliphatic rings. The maximum atomic E-state index is 13.1. The molecule has 0 amide bonds. The lowest BCUT2D eigenvalue weighted by Crippen LogP contribution is -2.02. The van der Waals surface area contributed by atoms with E-state index >= 15 is 0 Å². The van der Waals surface area contributed by atoms with Crippen molar-refractivity contribution < 1.29 is 13.6 Å². The summed E-state index contributed by atoms with van der Waals surface area (Å²) >= 11 is 6.39. The van der Waals surface area contributed by atoms with E-state index in [0.29, 0.717) is 28.3 Å². The third-order valence-corrected chi connectivity index (χ3v) is 4.24. The second kappa shape index (κ2) is 6.98. The number of nitrogens with zero attached hydrogens (tertiary/aromatic N) is 3. The van der Waals surface area contributed by atoms with Crippen LogP contribution in [0.1, 0.15) is 27.4 Å². The van der Waals surface area contributed by atoms with Crippen LogP contribution in [-0.4, -0.2) is 15.6 Å². The van der Waals surface area contributed by atoms with E-state index in [2.05, 4.69) is 5.10 Å². The average molecular weight is 370 g/mol. The fraction of sp³-hybridized carbons (Fsp3) is 0.105. The number of Topliss-reactive ketones (excluding diaryl/α,β-unsaturated/α-hetero) is 1. The van der Waals surface area contributed by atoms with Gasteiger partial charge in [-0.15, -0.1) is 0 Å². The zero-order chi connectivity index (χ0) is 18.8. The number of hydrogen-bond donors (Lipinski definition) is 0. The summed E-state index contributed by atoms with van der Waals surface area (Å²) in [6.07, 6.45) is 2.79. The first-order valence-electron chi connectivity index (χ1n) is 7.64. The molecule has 0 fully saturated rings. The molecule has 0 radical (unpaired) electrons. The van der Waals surface area contributed by atoms with E-state index in [4.69, 9.17) is 16.0 Å². The number of aryl methyl sites for hydroxylation is 2. The molecule has 7 heteroatoms. The predicted octanol–water partition coefficient (Wildman–Crippen LogP) is 4.66. The Kier molecular flexibility index (Phi) is 4.74. The lowest BCUT2D eigenvalue weighted by atomic mass is 10.0. The van der Waals surface area contributed by atoms with E-state index in [1.54, 1.807) is 13.8 Å². The molecule has 0 saturated carbocycles. The van der Waals surface area contributed by atoms with Crippen LogP contribution in [0.25, 0.3) is 11.8 Å². The Balaban J connectivity index is 2.05. The van der Waals surface area contributed by atoms with E-state index in [1.165, 1.54) is 47.4 Å². The monoisotopic (exact) mass is 369 g/mol. The molecule has 5 nitrogen and oxygen atoms in total. The number of allylic oxidation sites excluding steroid dienone is 1. The Labute approximate surface area is 153 Å². The zero-order valence-electron chi connectivity index (χ0n) is 14.0. The van der Waals surface area contributed by atoms with Crippen LogP contribution in [0.3, 0.4) is 0 Å². The highest BCUT2D eigenvalue weighted by Gasteiger charge is 2.19. The molecule has 3 aromatic rings. The van der Waals surface area contributed by atoms with Crippen LogP contribution >= 0.6 is 11.6 Å². The molecule has 2 heterocycles. The maximum absolute atomic E-state index is 13.1. The van der Waals surface area contributed by atoms with Crippen LogP contribution in [0.5, 0.6) is 0 Å². The highest BCUT2D eigenvalue weighted by molar-refractivity contribution is 6.31. The van der Waals surface area contributed by atoms with E-state index in [-0.39, 0.29) is 16.5 Å². The molecule has 3 rings (SSSR count). The molecule has 0 bridgehead atoms. The molecular weight excluding hydrogens is 357 g/mol. The minimum Gasteiger partial charge on any atom is -0.469 e. The summed E-state index contributed by atoms with van der Waals surface area (Å²) in [5, 5.41) is 13.9. The fourth-order valence-corrected chi connectivity index (χ4v) is 2.81. The summed E-state index contributed by atoms with van der Waals surface area (Å²) in [6, 6.07) is 9.07. The summed E-state index contributed by atoms with van der Waals surface area (Å²) < 4.78 is 19.6. The van der Waals surface area contributed by atoms with Gasteiger partial charge >= 0.3 is 0 Å². The molecule has 0 N–H and O–H groups in total. The van der Waals surface area contributed by atoms with E-state index < -0.39 is 5.78 Å². The summed E-state index contributed by atoms with van der Waals surface area (Å²) in [7, 11) is 0. The average Bonchev–Trinajstić information content (AvgIpc) is 3.17. The molecule has 0 aliphatic heterocycles. The first-order valence-corrected chi connectivity index (χ1v) is 8.02. The molecule has 0 unspecified atom stereocenters. The molecule has 0 saturated heterocycles. The van der Waals surface area contributed by atoms with Gasteiger partial charge < -0.3 is 4.42 Å². The second-order valence-corrected chi connectivity index (χ2v) is 5.93. The van der Waals surface area contributed by atoms with Gasteiger partial charge in [-0.05, 0) is 50.3 Å². The van der Waals surface area contributed by atoms with Crippen molar-refractivity contribution in [1.82, 2.24) is 9.78 Å². The molecule has 130 valence electrons. The quantitative estimate of drug-likeness (QED) is 0.381. The van der Waals surface area contributed by atoms with Gasteiger partial charge in [0, 0.05) is 5.56 Å². The van der Waals surface area contributed by atoms with Gasteiger partial charge in [-0.1, -0.05) is 11.6 Å². The SMILES string of the molecule is Cc1nn(-c2ccc(F)cc2)c(Cl)c1/C=C(\C#N)C(=O)c1ccoc1C. The third kappa shape index (κ3) is 3.17. The van der Waals surface area contributed by atoms with Crippen LogP contribution in [0.2, 0.25) is 5.15 Å². The van der Waals surface area contributed by atoms with Crippen molar-refractivity contribution in [3.8, 4) is 11.8 Å². The van der Waals surface area contributed by atoms with Gasteiger partial charge in [-0.3, -0.25) is 4.79 Å². The molecule has 1 aromatic carbocycles. The standard InChI is InChI=1S/C19H13ClFN3O2/c1-11-17(9-13(10-22)18(25)16-7-8-26-12(16)2)19(20)24(23-11)15-5-3-14(21)4-6-15/h3-9H,1-2H3/b13-9+. The van der Waals surface area contributed by atoms with Crippen LogP contribution in [-0.2, 0) is 0 Å². The topological polar surface area (TPSA) is 71.8 Å². The van der Waals surface area contributed by atoms with Crippen molar-refractivity contribution in [1.29, 1.82) is 5.26 Å². The van der Waals surface area contributed by atoms with E-state index in [0.717, 1.165) is 0 Å². The Morgan fingerprint density at radius 2 is 2.00 bits per heavy atom. The highest BCUT2D eigenvalue weighted by Crippen LogP contribution is 2.27. The van der Waals surface area contributed by atoms with Gasteiger partial charge in [0.1, 0.15) is 28.4 Å². The van der Waals surface area contributed by atoms with Crippen molar-refractivity contribution >= 4 is 23.5 Å². The normalized spacial score (nSPS) is 11.4. The van der Waals surface area contributed by atoms with Gasteiger partial charge in [0.05, 0.1) is 23.2 Å². The molecule has 26 heavy (non-hydrogen) atoms. The number of nitriles is 1. The molecule has 0 atom stereocenters. The van der Waals surface area contributed by atoms with Crippen LogP contribution in [0.4, 0.5) is 4.39 Å². The number of halogens is 2. The number of benzene rings is 1. The number of rotatable bonds is 4. The number of ketones is 1. The molecule has 0 aliphatic carbocycles. The van der Waals surface area contributed by atoms with Gasteiger partial charge in [-0.2, -0.15) is 10.4 Å². The van der Waals surface area contributed by atoms with Gasteiger partial charge in [-0.25, -0.2) is 9.07 Å². The number of carbonyl (C=O) groups excluding carboxylic acids is 1. The van der Waals surface area contributed by atoms with Gasteiger partial charge in [0.2, 0.25) is 5.78 Å². The summed E-state index contributed by atoms with van der Waals surface area (Å²) in [4.78, 5) is 12.5. The molecular formula is C19H13ClFN3O2. The Morgan fingerprint density at radius 3 is 2.58 bits per heavy atom. The largest absolute Gasteiger partial charge is 0.469 e. The lowest BCUT2D eigenvalue weighted by Gasteiger charge is -2.03. The van der Waals surface area contributed by atoms with Gasteiger partial charge in [0.25, 0.3) is 0 Å². The first kappa shape index (κ1) is 17.6. The van der Waals surface area contributed by atoms with Crippen LogP contribution < -0.4 is 0 Å². The summed E-state index contributed by atoms with van der Waals surface area (Å²) in [5.74, 6) is -0.397. The fourth-order valence-electron chi connectivity index (χ4n) is 2.49. The smallest absolute Gasteiger partial charge is 0.207 e. The number of aromatic nitrogens is 2.